The number of phosphoric ester groups is 1. The lowest BCUT2D eigenvalue weighted by Crippen LogP contribution is -2.56. The molecule has 27 nitrogen and oxygen atoms in total. The van der Waals surface area contributed by atoms with Crippen LogP contribution in [0.4, 0.5) is 0 Å². The van der Waals surface area contributed by atoms with E-state index in [0.29, 0.717) is 5.56 Å². The molecule has 1 aromatic rings. The molecule has 0 bridgehead atoms. The third kappa shape index (κ3) is 27.9. The third-order valence-electron chi connectivity index (χ3n) is 10.3. The first kappa shape index (κ1) is 65.3. The van der Waals surface area contributed by atoms with Gasteiger partial charge in [0.15, 0.2) is 0 Å². The van der Waals surface area contributed by atoms with E-state index in [0.717, 1.165) is 0 Å². The van der Waals surface area contributed by atoms with Crippen LogP contribution in [0.25, 0.3) is 0 Å². The smallest absolute Gasteiger partial charge is 0.480 e. The van der Waals surface area contributed by atoms with Crippen molar-refractivity contribution in [2.24, 2.45) is 29.4 Å². The number of phosphoric acid groups is 1. The molecule has 416 valence electrons. The van der Waals surface area contributed by atoms with E-state index in [1.165, 1.54) is 31.2 Å². The van der Waals surface area contributed by atoms with Crippen LogP contribution in [-0.2, 0) is 63.7 Å². The van der Waals surface area contributed by atoms with Crippen LogP contribution < -0.4 is 63.4 Å². The number of hydrogen-bond donors (Lipinski definition) is 14. The lowest BCUT2D eigenvalue weighted by Gasteiger charge is -2.23. The summed E-state index contributed by atoms with van der Waals surface area (Å²) in [4.78, 5) is 159. The summed E-state index contributed by atoms with van der Waals surface area (Å²) in [5.74, 6) is -9.54. The van der Waals surface area contributed by atoms with E-state index >= 15 is 0 Å². The Kier molecular flexibility index (Phi) is 28.7. The largest absolute Gasteiger partial charge is 0.524 e. The number of carboxylic acids is 1. The molecule has 0 unspecified atom stereocenters. The molecule has 1 rings (SSSR count). The van der Waals surface area contributed by atoms with Gasteiger partial charge in [-0.05, 0) is 74.0 Å². The van der Waals surface area contributed by atoms with E-state index in [1.807, 2.05) is 0 Å². The number of amides is 10. The molecule has 0 aliphatic rings. The Morgan fingerprint density at radius 1 is 0.473 bits per heavy atom. The molecule has 6 atom stereocenters. The van der Waals surface area contributed by atoms with Crippen LogP contribution in [-0.4, -0.2) is 149 Å². The maximum Gasteiger partial charge on any atom is 0.524 e. The molecule has 0 fully saturated rings. The van der Waals surface area contributed by atoms with Crippen molar-refractivity contribution in [1.29, 1.82) is 0 Å². The Bertz CT molecular complexity index is 2150. The first-order valence-corrected chi connectivity index (χ1v) is 25.6. The molecular weight excluding hydrogens is 994 g/mol. The Balaban J connectivity index is 2.96. The highest BCUT2D eigenvalue weighted by Gasteiger charge is 2.30. The number of carbonyl (C=O) groups excluding carboxylic acids is 10. The Labute approximate surface area is 430 Å². The zero-order valence-corrected chi connectivity index (χ0v) is 44.2. The molecule has 0 aliphatic heterocycles. The summed E-state index contributed by atoms with van der Waals surface area (Å²) in [6.45, 7) is 12.7. The Morgan fingerprint density at radius 2 is 0.797 bits per heavy atom. The molecule has 0 aliphatic carbocycles. The van der Waals surface area contributed by atoms with Gasteiger partial charge in [-0.2, -0.15) is 0 Å². The summed E-state index contributed by atoms with van der Waals surface area (Å²) in [5.41, 5.74) is 5.70. The second-order valence-electron chi connectivity index (χ2n) is 19.2. The number of rotatable bonds is 33. The minimum atomic E-state index is -4.87. The highest BCUT2D eigenvalue weighted by molar-refractivity contribution is 7.46. The standard InChI is InChI=1S/C46H76N11O16P/c1-24(2)14-31(42(64)48-21-38(60)54-33(16-26(5)6)44(66)50-23-40(62)56-35(46(68)69)17-27(7)8)53-37(59)20-49-43(65)32(15-25(3)4)55-39(61)22-51-45(67)34(57-41(63)28(9)52-36(58)19-47)18-29-10-12-30(13-11-29)73-74(70,71)72/h10-13,24-28,31-35H,14-23,47H2,1-9H3,(H,48,64)(H,49,65)(H,50,66)(H,51,67)(H,52,58)(H,53,59)(H,54,60)(H,55,61)(H,56,62)(H,57,63)(H,68,69)(H2,70,71,72)/t28-,31-,32-,33-,34-,35-/m0/s1. The van der Waals surface area contributed by atoms with Gasteiger partial charge >= 0.3 is 13.8 Å². The molecule has 1 aromatic carbocycles. The second-order valence-corrected chi connectivity index (χ2v) is 20.4. The van der Waals surface area contributed by atoms with Crippen LogP contribution in [0.1, 0.15) is 93.6 Å². The Morgan fingerprint density at radius 3 is 1.11 bits per heavy atom. The normalized spacial score (nSPS) is 13.7. The summed E-state index contributed by atoms with van der Waals surface area (Å²) in [7, 11) is -4.87. The average molecular weight is 1070 g/mol. The summed E-state index contributed by atoms with van der Waals surface area (Å²) >= 11 is 0. The van der Waals surface area contributed by atoms with Gasteiger partial charge < -0.3 is 68.5 Å². The van der Waals surface area contributed by atoms with Crippen LogP contribution in [0.5, 0.6) is 5.75 Å². The average Bonchev–Trinajstić information content (AvgIpc) is 3.29. The minimum absolute atomic E-state index is 0.0298. The van der Waals surface area contributed by atoms with Crippen LogP contribution in [0.15, 0.2) is 24.3 Å². The molecular formula is C46H76N11O16P. The quantitative estimate of drug-likeness (QED) is 0.0319. The SMILES string of the molecule is CC(C)C[C@H](NC(=O)CNC(=O)[C@H](CC(C)C)NC(=O)CNC(=O)[C@H](CC(C)C)NC(=O)CNC(=O)[C@H](CC(C)C)NC(=O)CNC(=O)[C@H](Cc1ccc(OP(=O)(O)O)cc1)NC(=O)[C@H](C)NC(=O)CN)C(=O)O. The van der Waals surface area contributed by atoms with E-state index < -0.39 is 142 Å². The lowest BCUT2D eigenvalue weighted by molar-refractivity contribution is -0.142. The number of carboxylic acid groups (broad SMARTS) is 1. The zero-order valence-electron chi connectivity index (χ0n) is 43.3. The van der Waals surface area contributed by atoms with Gasteiger partial charge in [0.25, 0.3) is 0 Å². The number of aliphatic carboxylic acids is 1. The highest BCUT2D eigenvalue weighted by Crippen LogP contribution is 2.37. The maximum atomic E-state index is 13.4. The maximum absolute atomic E-state index is 13.4. The van der Waals surface area contributed by atoms with Gasteiger partial charge in [-0.3, -0.25) is 57.7 Å². The molecule has 15 N–H and O–H groups in total. The predicted octanol–water partition coefficient (Wildman–Crippen LogP) is -2.68. The highest BCUT2D eigenvalue weighted by atomic mass is 31.2. The molecule has 10 amide bonds. The zero-order chi connectivity index (χ0) is 56.5. The number of nitrogens with one attached hydrogen (secondary N) is 10. The lowest BCUT2D eigenvalue weighted by atomic mass is 10.0. The van der Waals surface area contributed by atoms with Crippen molar-refractivity contribution in [2.75, 3.05) is 32.7 Å². The minimum Gasteiger partial charge on any atom is -0.480 e. The van der Waals surface area contributed by atoms with E-state index in [-0.39, 0.29) is 61.5 Å². The van der Waals surface area contributed by atoms with E-state index in [2.05, 4.69) is 57.7 Å². The van der Waals surface area contributed by atoms with Crippen molar-refractivity contribution in [3.8, 4) is 5.75 Å². The predicted molar refractivity (Wildman–Crippen MR) is 267 cm³/mol. The monoisotopic (exact) mass is 1070 g/mol. The van der Waals surface area contributed by atoms with Gasteiger partial charge in [0.1, 0.15) is 42.0 Å². The van der Waals surface area contributed by atoms with Gasteiger partial charge in [0.05, 0.1) is 32.7 Å². The molecule has 74 heavy (non-hydrogen) atoms. The van der Waals surface area contributed by atoms with Crippen molar-refractivity contribution >= 4 is 72.9 Å². The number of nitrogens with two attached hydrogens (primary N) is 1. The number of hydrogen-bond acceptors (Lipinski definition) is 14. The van der Waals surface area contributed by atoms with Crippen LogP contribution in [0, 0.1) is 23.7 Å². The summed E-state index contributed by atoms with van der Waals surface area (Å²) in [5, 5.41) is 33.8. The third-order valence-corrected chi connectivity index (χ3v) is 10.7. The molecule has 0 aromatic heterocycles. The first-order valence-electron chi connectivity index (χ1n) is 24.0. The van der Waals surface area contributed by atoms with Crippen molar-refractivity contribution in [3.63, 3.8) is 0 Å². The molecule has 0 spiro atoms. The summed E-state index contributed by atoms with van der Waals surface area (Å²) in [6, 6.07) is -1.98. The van der Waals surface area contributed by atoms with E-state index in [9.17, 15) is 62.4 Å². The molecule has 0 radical (unpaired) electrons. The van der Waals surface area contributed by atoms with Crippen molar-refractivity contribution in [2.45, 2.75) is 131 Å². The van der Waals surface area contributed by atoms with Crippen LogP contribution >= 0.6 is 7.82 Å². The van der Waals surface area contributed by atoms with E-state index in [1.54, 1.807) is 55.4 Å². The van der Waals surface area contributed by atoms with Crippen molar-refractivity contribution < 1.29 is 76.7 Å². The van der Waals surface area contributed by atoms with Gasteiger partial charge in [0, 0.05) is 6.42 Å². The van der Waals surface area contributed by atoms with Gasteiger partial charge in [-0.25, -0.2) is 9.36 Å². The summed E-state index contributed by atoms with van der Waals surface area (Å²) < 4.78 is 15.8. The topological polar surface area (TPSA) is 421 Å². The second kappa shape index (κ2) is 32.5. The van der Waals surface area contributed by atoms with Crippen LogP contribution in [0.3, 0.4) is 0 Å². The van der Waals surface area contributed by atoms with Gasteiger partial charge in [-0.1, -0.05) is 67.5 Å². The fourth-order valence-corrected chi connectivity index (χ4v) is 7.27. The first-order chi connectivity index (χ1) is 34.4. The molecule has 0 saturated carbocycles. The van der Waals surface area contributed by atoms with Crippen molar-refractivity contribution in [1.82, 2.24) is 53.2 Å². The summed E-state index contributed by atoms with van der Waals surface area (Å²) in [6.07, 6.45) is 0.313. The Hall–Kier alpha value is -6.70. The molecule has 0 saturated heterocycles. The molecule has 0 heterocycles. The number of carbonyl (C=O) groups is 11. The van der Waals surface area contributed by atoms with Crippen LogP contribution in [0.2, 0.25) is 0 Å². The van der Waals surface area contributed by atoms with E-state index in [4.69, 9.17) is 15.5 Å². The fraction of sp³-hybridized carbons (Fsp3) is 0.630. The van der Waals surface area contributed by atoms with Crippen molar-refractivity contribution in [3.05, 3.63) is 29.8 Å². The fourth-order valence-electron chi connectivity index (χ4n) is 6.88. The van der Waals surface area contributed by atoms with Gasteiger partial charge in [-0.15, -0.1) is 0 Å². The number of benzene rings is 1. The van der Waals surface area contributed by atoms with Gasteiger partial charge in [0.2, 0.25) is 59.1 Å². The molecule has 28 heteroatoms.